The number of hydrogen-bond donors (Lipinski definition) is 1. The summed E-state index contributed by atoms with van der Waals surface area (Å²) in [5.41, 5.74) is 0.0111. The lowest BCUT2D eigenvalue weighted by molar-refractivity contribution is 0.0696. The Morgan fingerprint density at radius 3 is 2.67 bits per heavy atom. The minimum atomic E-state index is -1.10. The largest absolute Gasteiger partial charge is 0.490 e. The van der Waals surface area contributed by atoms with Crippen LogP contribution in [0.25, 0.3) is 0 Å². The van der Waals surface area contributed by atoms with Gasteiger partial charge in [0.1, 0.15) is 5.15 Å². The average Bonchev–Trinajstić information content (AvgIpc) is 2.45. The first-order chi connectivity index (χ1) is 10.1. The van der Waals surface area contributed by atoms with Crippen LogP contribution in [0.3, 0.4) is 0 Å². The van der Waals surface area contributed by atoms with Crippen LogP contribution in [0.4, 0.5) is 0 Å². The van der Waals surface area contributed by atoms with Gasteiger partial charge >= 0.3 is 5.97 Å². The number of pyridine rings is 1. The molecule has 0 unspecified atom stereocenters. The summed E-state index contributed by atoms with van der Waals surface area (Å²) in [5.74, 6) is 0.0298. The number of carbonyl (C=O) groups is 1. The van der Waals surface area contributed by atoms with E-state index in [2.05, 4.69) is 4.98 Å². The molecule has 0 amide bonds. The van der Waals surface area contributed by atoms with Gasteiger partial charge in [-0.3, -0.25) is 0 Å². The van der Waals surface area contributed by atoms with Gasteiger partial charge in [0.05, 0.1) is 12.2 Å². The van der Waals surface area contributed by atoms with E-state index < -0.39 is 5.97 Å². The third kappa shape index (κ3) is 4.10. The number of para-hydroxylation sites is 2. The minimum absolute atomic E-state index is 0.0111. The molecule has 0 atom stereocenters. The topological polar surface area (TPSA) is 68.7 Å². The van der Waals surface area contributed by atoms with E-state index in [9.17, 15) is 4.79 Å². The van der Waals surface area contributed by atoms with E-state index in [0.717, 1.165) is 6.42 Å². The summed E-state index contributed by atoms with van der Waals surface area (Å²) in [6.07, 6.45) is 0.868. The predicted molar refractivity (Wildman–Crippen MR) is 78.5 cm³/mol. The molecular weight excluding hydrogens is 294 g/mol. The summed E-state index contributed by atoms with van der Waals surface area (Å²) in [7, 11) is 0. The zero-order chi connectivity index (χ0) is 15.2. The maximum absolute atomic E-state index is 11.0. The Morgan fingerprint density at radius 1 is 1.29 bits per heavy atom. The second-order valence-electron chi connectivity index (χ2n) is 4.22. The fourth-order valence-electron chi connectivity index (χ4n) is 1.63. The number of aromatic nitrogens is 1. The number of benzene rings is 1. The van der Waals surface area contributed by atoms with E-state index >= 15 is 0 Å². The highest BCUT2D eigenvalue weighted by molar-refractivity contribution is 6.29. The molecule has 0 fully saturated rings. The van der Waals surface area contributed by atoms with Crippen molar-refractivity contribution >= 4 is 17.6 Å². The second kappa shape index (κ2) is 6.95. The van der Waals surface area contributed by atoms with E-state index in [1.807, 2.05) is 13.0 Å². The summed E-state index contributed by atoms with van der Waals surface area (Å²) in [6, 6.07) is 9.67. The molecule has 0 bridgehead atoms. The van der Waals surface area contributed by atoms with Crippen LogP contribution in [0, 0.1) is 0 Å². The fourth-order valence-corrected chi connectivity index (χ4v) is 1.83. The molecule has 0 radical (unpaired) electrons. The highest BCUT2D eigenvalue weighted by Gasteiger charge is 2.11. The number of carboxylic acids is 1. The smallest absolute Gasteiger partial charge is 0.335 e. The van der Waals surface area contributed by atoms with Crippen LogP contribution in [0.5, 0.6) is 17.4 Å². The number of aromatic carboxylic acids is 1. The molecule has 0 saturated carbocycles. The molecule has 1 N–H and O–H groups in total. The summed E-state index contributed by atoms with van der Waals surface area (Å²) in [5, 5.41) is 9.06. The number of halogens is 1. The van der Waals surface area contributed by atoms with Crippen molar-refractivity contribution in [2.45, 2.75) is 13.3 Å². The minimum Gasteiger partial charge on any atom is -0.490 e. The van der Waals surface area contributed by atoms with Crippen molar-refractivity contribution in [3.63, 3.8) is 0 Å². The molecule has 2 aromatic rings. The maximum atomic E-state index is 11.0. The molecule has 1 heterocycles. The molecule has 0 aliphatic heterocycles. The van der Waals surface area contributed by atoms with Gasteiger partial charge in [0.25, 0.3) is 0 Å². The third-order valence-corrected chi connectivity index (χ3v) is 2.74. The molecule has 110 valence electrons. The normalized spacial score (nSPS) is 10.2. The summed E-state index contributed by atoms with van der Waals surface area (Å²) in [4.78, 5) is 15.0. The van der Waals surface area contributed by atoms with Gasteiger partial charge in [-0.05, 0) is 24.6 Å². The van der Waals surface area contributed by atoms with E-state index in [-0.39, 0.29) is 16.6 Å². The van der Waals surface area contributed by atoms with Crippen LogP contribution < -0.4 is 9.47 Å². The van der Waals surface area contributed by atoms with E-state index in [4.69, 9.17) is 26.2 Å². The van der Waals surface area contributed by atoms with Gasteiger partial charge in [-0.2, -0.15) is 0 Å². The molecule has 0 aliphatic carbocycles. The van der Waals surface area contributed by atoms with Crippen molar-refractivity contribution in [3.05, 3.63) is 47.1 Å². The Hall–Kier alpha value is -2.27. The van der Waals surface area contributed by atoms with Crippen LogP contribution in [0.2, 0.25) is 5.15 Å². The molecule has 2 rings (SSSR count). The first-order valence-corrected chi connectivity index (χ1v) is 6.78. The van der Waals surface area contributed by atoms with Crippen molar-refractivity contribution < 1.29 is 19.4 Å². The highest BCUT2D eigenvalue weighted by atomic mass is 35.5. The predicted octanol–water partition coefficient (Wildman–Crippen LogP) is 4.01. The average molecular weight is 308 g/mol. The standard InChI is InChI=1S/C15H14ClNO4/c1-2-7-20-11-5-3-4-6-12(11)21-14-9-10(15(18)19)8-13(16)17-14/h3-6,8-9H,2,7H2,1H3,(H,18,19). The van der Waals surface area contributed by atoms with E-state index in [1.54, 1.807) is 18.2 Å². The Labute approximate surface area is 127 Å². The Morgan fingerprint density at radius 2 is 2.00 bits per heavy atom. The molecule has 1 aromatic heterocycles. The number of nitrogens with zero attached hydrogens (tertiary/aromatic N) is 1. The SMILES string of the molecule is CCCOc1ccccc1Oc1cc(C(=O)O)cc(Cl)n1. The highest BCUT2D eigenvalue weighted by Crippen LogP contribution is 2.31. The van der Waals surface area contributed by atoms with Crippen molar-refractivity contribution in [1.29, 1.82) is 0 Å². The molecule has 1 aromatic carbocycles. The van der Waals surface area contributed by atoms with Crippen LogP contribution >= 0.6 is 11.6 Å². The quantitative estimate of drug-likeness (QED) is 0.816. The monoisotopic (exact) mass is 307 g/mol. The zero-order valence-electron chi connectivity index (χ0n) is 11.4. The molecule has 6 heteroatoms. The lowest BCUT2D eigenvalue weighted by Crippen LogP contribution is -2.00. The van der Waals surface area contributed by atoms with Gasteiger partial charge in [0.15, 0.2) is 11.5 Å². The molecular formula is C15H14ClNO4. The van der Waals surface area contributed by atoms with Gasteiger partial charge in [-0.15, -0.1) is 0 Å². The number of ether oxygens (including phenoxy) is 2. The Kier molecular flexibility index (Phi) is 5.00. The summed E-state index contributed by atoms with van der Waals surface area (Å²) in [6.45, 7) is 2.56. The van der Waals surface area contributed by atoms with Crippen LogP contribution in [0.15, 0.2) is 36.4 Å². The van der Waals surface area contributed by atoms with Gasteiger partial charge in [-0.1, -0.05) is 30.7 Å². The number of hydrogen-bond acceptors (Lipinski definition) is 4. The fraction of sp³-hybridized carbons (Fsp3) is 0.200. The van der Waals surface area contributed by atoms with Gasteiger partial charge in [-0.25, -0.2) is 9.78 Å². The molecule has 0 saturated heterocycles. The Balaban J connectivity index is 2.27. The summed E-state index contributed by atoms with van der Waals surface area (Å²) >= 11 is 5.80. The molecule has 0 spiro atoms. The van der Waals surface area contributed by atoms with Crippen LogP contribution in [0.1, 0.15) is 23.7 Å². The van der Waals surface area contributed by atoms with Crippen molar-refractivity contribution in [2.75, 3.05) is 6.61 Å². The molecule has 5 nitrogen and oxygen atoms in total. The number of rotatable bonds is 6. The lowest BCUT2D eigenvalue weighted by atomic mass is 10.2. The van der Waals surface area contributed by atoms with E-state index in [0.29, 0.717) is 18.1 Å². The van der Waals surface area contributed by atoms with Gasteiger partial charge in [0, 0.05) is 6.07 Å². The zero-order valence-corrected chi connectivity index (χ0v) is 12.1. The second-order valence-corrected chi connectivity index (χ2v) is 4.61. The van der Waals surface area contributed by atoms with Crippen molar-refractivity contribution in [2.24, 2.45) is 0 Å². The van der Waals surface area contributed by atoms with Crippen molar-refractivity contribution in [1.82, 2.24) is 4.98 Å². The number of carboxylic acid groups (broad SMARTS) is 1. The van der Waals surface area contributed by atoms with Gasteiger partial charge in [0.2, 0.25) is 5.88 Å². The van der Waals surface area contributed by atoms with Crippen LogP contribution in [-0.2, 0) is 0 Å². The summed E-state index contributed by atoms with van der Waals surface area (Å²) < 4.78 is 11.2. The maximum Gasteiger partial charge on any atom is 0.335 e. The molecule has 0 aliphatic rings. The van der Waals surface area contributed by atoms with Crippen molar-refractivity contribution in [3.8, 4) is 17.4 Å². The van der Waals surface area contributed by atoms with Gasteiger partial charge < -0.3 is 14.6 Å². The molecule has 21 heavy (non-hydrogen) atoms. The first-order valence-electron chi connectivity index (χ1n) is 6.40. The first kappa shape index (κ1) is 15.1. The third-order valence-electron chi connectivity index (χ3n) is 2.54. The Bertz CT molecular complexity index is 645. The van der Waals surface area contributed by atoms with E-state index in [1.165, 1.54) is 12.1 Å². The lowest BCUT2D eigenvalue weighted by Gasteiger charge is -2.11. The van der Waals surface area contributed by atoms with Crippen LogP contribution in [-0.4, -0.2) is 22.7 Å².